The summed E-state index contributed by atoms with van der Waals surface area (Å²) >= 11 is 0. The maximum absolute atomic E-state index is 13.0. The molecule has 2 spiro atoms. The van der Waals surface area contributed by atoms with E-state index >= 15 is 0 Å². The van der Waals surface area contributed by atoms with E-state index in [1.54, 1.807) is 0 Å². The van der Waals surface area contributed by atoms with Gasteiger partial charge in [0, 0.05) is 42.7 Å². The molecule has 3 fully saturated rings. The number of ether oxygens (including phenoxy) is 2. The number of Topliss-reactive ketones (excluding diaryl/α,β-unsaturated/α-hetero) is 1. The van der Waals surface area contributed by atoms with Gasteiger partial charge in [-0.05, 0) is 50.6 Å². The summed E-state index contributed by atoms with van der Waals surface area (Å²) in [6, 6.07) is 0. The second-order valence-electron chi connectivity index (χ2n) is 10.2. The van der Waals surface area contributed by atoms with E-state index in [0.717, 1.165) is 44.3 Å². The molecular formula is C23H33NO5. The molecule has 160 valence electrons. The summed E-state index contributed by atoms with van der Waals surface area (Å²) in [5.41, 5.74) is 1.91. The van der Waals surface area contributed by atoms with Crippen molar-refractivity contribution in [2.24, 2.45) is 28.6 Å². The first-order chi connectivity index (χ1) is 13.8. The molecule has 0 radical (unpaired) electrons. The number of rotatable bonds is 2. The lowest BCUT2D eigenvalue weighted by atomic mass is 9.50. The van der Waals surface area contributed by atoms with Gasteiger partial charge in [0.1, 0.15) is 0 Å². The number of allylic oxidation sites excluding steroid dienone is 1. The third kappa shape index (κ3) is 2.45. The van der Waals surface area contributed by atoms with Crippen LogP contribution in [-0.4, -0.2) is 61.4 Å². The lowest BCUT2D eigenvalue weighted by molar-refractivity contribution is -0.284. The minimum atomic E-state index is -1.04. The van der Waals surface area contributed by atoms with Gasteiger partial charge in [-0.1, -0.05) is 12.5 Å². The van der Waals surface area contributed by atoms with Crippen molar-refractivity contribution in [1.82, 2.24) is 4.90 Å². The second-order valence-corrected chi connectivity index (χ2v) is 10.2. The molecule has 0 aromatic heterocycles. The number of hydrogen-bond donors (Lipinski definition) is 1. The van der Waals surface area contributed by atoms with Crippen molar-refractivity contribution in [3.05, 3.63) is 11.1 Å². The number of ketones is 1. The number of likely N-dealkylation sites (tertiary alicyclic amines) is 1. The SMILES string of the molecule is CC[C@@]1(O)CC[C@]2(CO1)[C@@H]1CCC3=C4[C@H](CC3=O)[C@H](C(=O)OC)C[C@@]42CN(C)C1. The number of carbonyl (C=O) groups is 2. The average molecular weight is 404 g/mol. The average Bonchev–Trinajstić information content (AvgIpc) is 3.18. The number of aliphatic hydroxyl groups is 1. The van der Waals surface area contributed by atoms with Gasteiger partial charge in [0.2, 0.25) is 0 Å². The fourth-order valence-electron chi connectivity index (χ4n) is 7.82. The second kappa shape index (κ2) is 6.38. The van der Waals surface area contributed by atoms with Gasteiger partial charge in [-0.2, -0.15) is 0 Å². The predicted octanol–water partition coefficient (Wildman–Crippen LogP) is 2.30. The van der Waals surface area contributed by atoms with E-state index < -0.39 is 5.79 Å². The van der Waals surface area contributed by atoms with Crippen molar-refractivity contribution in [3.8, 4) is 0 Å². The molecule has 29 heavy (non-hydrogen) atoms. The molecule has 0 unspecified atom stereocenters. The van der Waals surface area contributed by atoms with Crippen molar-refractivity contribution >= 4 is 11.8 Å². The Hall–Kier alpha value is -1.24. The molecule has 3 aliphatic carbocycles. The first kappa shape index (κ1) is 19.7. The lowest BCUT2D eigenvalue weighted by Gasteiger charge is -2.61. The van der Waals surface area contributed by atoms with E-state index in [-0.39, 0.29) is 34.4 Å². The van der Waals surface area contributed by atoms with Gasteiger partial charge in [0.05, 0.1) is 19.6 Å². The van der Waals surface area contributed by atoms with Gasteiger partial charge >= 0.3 is 5.97 Å². The van der Waals surface area contributed by atoms with E-state index in [1.807, 2.05) is 6.92 Å². The Bertz CT molecular complexity index is 780. The molecule has 0 amide bonds. The van der Waals surface area contributed by atoms with E-state index in [0.29, 0.717) is 31.8 Å². The zero-order valence-electron chi connectivity index (χ0n) is 17.8. The number of nitrogens with zero attached hydrogens (tertiary/aromatic N) is 1. The maximum atomic E-state index is 13.0. The lowest BCUT2D eigenvalue weighted by Crippen LogP contribution is -2.64. The summed E-state index contributed by atoms with van der Waals surface area (Å²) in [6.07, 6.45) is 5.10. The molecule has 5 aliphatic rings. The zero-order chi connectivity index (χ0) is 20.6. The highest BCUT2D eigenvalue weighted by Gasteiger charge is 2.70. The highest BCUT2D eigenvalue weighted by Crippen LogP contribution is 2.71. The normalized spacial score (nSPS) is 46.8. The molecule has 6 nitrogen and oxygen atoms in total. The molecule has 2 heterocycles. The van der Waals surface area contributed by atoms with Crippen LogP contribution in [-0.2, 0) is 19.1 Å². The molecule has 0 aromatic carbocycles. The highest BCUT2D eigenvalue weighted by atomic mass is 16.6. The van der Waals surface area contributed by atoms with Crippen LogP contribution in [0.2, 0.25) is 0 Å². The van der Waals surface area contributed by atoms with Gasteiger partial charge in [-0.3, -0.25) is 9.59 Å². The Morgan fingerprint density at radius 3 is 2.83 bits per heavy atom. The standard InChI is InChI=1S/C23H33NO5/c1-4-23(27)8-7-21(13-29-23)14-5-6-15-18(25)9-16-17(20(26)28-3)10-22(21,19(15)16)12-24(2)11-14/h14,16-17,27H,4-13H2,1-3H3/t14-,16-,17-,21+,22-,23+/m1/s1. The molecule has 0 aromatic rings. The van der Waals surface area contributed by atoms with Crippen LogP contribution >= 0.6 is 0 Å². The molecule has 1 N–H and O–H groups in total. The van der Waals surface area contributed by atoms with Gasteiger partial charge in [-0.25, -0.2) is 0 Å². The minimum Gasteiger partial charge on any atom is -0.469 e. The van der Waals surface area contributed by atoms with Crippen LogP contribution in [0.1, 0.15) is 51.9 Å². The van der Waals surface area contributed by atoms with Gasteiger partial charge in [0.15, 0.2) is 11.6 Å². The molecule has 6 heteroatoms. The number of piperidine rings is 1. The molecule has 5 rings (SSSR count). The van der Waals surface area contributed by atoms with Crippen molar-refractivity contribution in [3.63, 3.8) is 0 Å². The van der Waals surface area contributed by atoms with Crippen LogP contribution < -0.4 is 0 Å². The predicted molar refractivity (Wildman–Crippen MR) is 106 cm³/mol. The Balaban J connectivity index is 1.67. The van der Waals surface area contributed by atoms with Crippen LogP contribution in [0, 0.1) is 28.6 Å². The van der Waals surface area contributed by atoms with Crippen LogP contribution in [0.3, 0.4) is 0 Å². The molecule has 1 saturated carbocycles. The molecular weight excluding hydrogens is 370 g/mol. The van der Waals surface area contributed by atoms with Gasteiger partial charge in [-0.15, -0.1) is 0 Å². The van der Waals surface area contributed by atoms with E-state index in [4.69, 9.17) is 9.47 Å². The van der Waals surface area contributed by atoms with Crippen molar-refractivity contribution in [2.45, 2.75) is 57.7 Å². The Morgan fingerprint density at radius 2 is 2.17 bits per heavy atom. The van der Waals surface area contributed by atoms with Gasteiger partial charge in [0.25, 0.3) is 0 Å². The first-order valence-corrected chi connectivity index (χ1v) is 11.2. The third-order valence-corrected chi connectivity index (χ3v) is 9.17. The Kier molecular flexibility index (Phi) is 4.34. The molecule has 2 saturated heterocycles. The van der Waals surface area contributed by atoms with E-state index in [9.17, 15) is 14.7 Å². The number of carbonyl (C=O) groups excluding carboxylic acids is 2. The van der Waals surface area contributed by atoms with Crippen molar-refractivity contribution < 1.29 is 24.2 Å². The Morgan fingerprint density at radius 1 is 1.38 bits per heavy atom. The summed E-state index contributed by atoms with van der Waals surface area (Å²) < 4.78 is 11.4. The van der Waals surface area contributed by atoms with E-state index in [2.05, 4.69) is 11.9 Å². The number of esters is 1. The zero-order valence-corrected chi connectivity index (χ0v) is 17.8. The topological polar surface area (TPSA) is 76.1 Å². The Labute approximate surface area is 172 Å². The minimum absolute atomic E-state index is 0.0148. The summed E-state index contributed by atoms with van der Waals surface area (Å²) in [5.74, 6) is -0.842. The van der Waals surface area contributed by atoms with Gasteiger partial charge < -0.3 is 19.5 Å². The monoisotopic (exact) mass is 403 g/mol. The van der Waals surface area contributed by atoms with Crippen LogP contribution in [0.15, 0.2) is 11.1 Å². The summed E-state index contributed by atoms with van der Waals surface area (Å²) in [5, 5.41) is 10.8. The van der Waals surface area contributed by atoms with Crippen LogP contribution in [0.4, 0.5) is 0 Å². The third-order valence-electron chi connectivity index (χ3n) is 9.17. The summed E-state index contributed by atoms with van der Waals surface area (Å²) in [7, 11) is 3.62. The first-order valence-electron chi connectivity index (χ1n) is 11.2. The fourth-order valence-corrected chi connectivity index (χ4v) is 7.82. The summed E-state index contributed by atoms with van der Waals surface area (Å²) in [6.45, 7) is 4.32. The number of methoxy groups -OCH3 is 1. The quantitative estimate of drug-likeness (QED) is 0.713. The smallest absolute Gasteiger partial charge is 0.309 e. The fraction of sp³-hybridized carbons (Fsp3) is 0.826. The van der Waals surface area contributed by atoms with Crippen LogP contribution in [0.25, 0.3) is 0 Å². The highest BCUT2D eigenvalue weighted by molar-refractivity contribution is 6.01. The van der Waals surface area contributed by atoms with Crippen molar-refractivity contribution in [2.75, 3.05) is 33.9 Å². The maximum Gasteiger partial charge on any atom is 0.309 e. The molecule has 2 bridgehead atoms. The molecule has 2 aliphatic heterocycles. The van der Waals surface area contributed by atoms with E-state index in [1.165, 1.54) is 12.7 Å². The largest absolute Gasteiger partial charge is 0.469 e. The number of hydrogen-bond acceptors (Lipinski definition) is 6. The summed E-state index contributed by atoms with van der Waals surface area (Å²) in [4.78, 5) is 28.2. The van der Waals surface area contributed by atoms with Crippen molar-refractivity contribution in [1.29, 1.82) is 0 Å². The van der Waals surface area contributed by atoms with Crippen LogP contribution in [0.5, 0.6) is 0 Å². The molecule has 6 atom stereocenters.